The number of benzene rings is 2. The molecule has 2 aromatic carbocycles. The Hall–Kier alpha value is -2.29. The maximum absolute atomic E-state index is 12.9. The Kier molecular flexibility index (Phi) is 10.7. The second kappa shape index (κ2) is 13.0. The molecule has 0 saturated carbocycles. The average molecular weight is 503 g/mol. The molecule has 34 heavy (non-hydrogen) atoms. The zero-order chi connectivity index (χ0) is 25.3. The molecule has 1 aliphatic heterocycles. The van der Waals surface area contributed by atoms with E-state index in [1.165, 1.54) is 4.90 Å². The molecular formula is C26H34N2O4S2. The number of likely N-dealkylation sites (tertiary alicyclic amines) is 1. The van der Waals surface area contributed by atoms with Gasteiger partial charge in [-0.05, 0) is 39.3 Å². The molecule has 184 valence electrons. The lowest BCUT2D eigenvalue weighted by Crippen LogP contribution is -2.43. The monoisotopic (exact) mass is 502 g/mol. The van der Waals surface area contributed by atoms with Crippen LogP contribution in [0, 0.1) is 5.92 Å². The van der Waals surface area contributed by atoms with Crippen molar-refractivity contribution < 1.29 is 19.5 Å². The first kappa shape index (κ1) is 28.0. The summed E-state index contributed by atoms with van der Waals surface area (Å²) in [6, 6.07) is 17.9. The van der Waals surface area contributed by atoms with Gasteiger partial charge in [-0.15, -0.1) is 11.8 Å². The minimum Gasteiger partial charge on any atom is -0.480 e. The summed E-state index contributed by atoms with van der Waals surface area (Å²) >= 11 is 2.70. The van der Waals surface area contributed by atoms with Gasteiger partial charge in [0.2, 0.25) is 11.0 Å². The largest absolute Gasteiger partial charge is 0.480 e. The van der Waals surface area contributed by atoms with Gasteiger partial charge in [0.05, 0.1) is 0 Å². The molecule has 0 radical (unpaired) electrons. The summed E-state index contributed by atoms with van der Waals surface area (Å²) in [5.74, 6) is -1.29. The Morgan fingerprint density at radius 1 is 1.06 bits per heavy atom. The van der Waals surface area contributed by atoms with Gasteiger partial charge in [-0.2, -0.15) is 0 Å². The van der Waals surface area contributed by atoms with E-state index in [0.717, 1.165) is 16.7 Å². The van der Waals surface area contributed by atoms with Crippen LogP contribution in [0.3, 0.4) is 0 Å². The summed E-state index contributed by atoms with van der Waals surface area (Å²) in [4.78, 5) is 39.5. The molecule has 1 saturated heterocycles. The fourth-order valence-electron chi connectivity index (χ4n) is 3.26. The summed E-state index contributed by atoms with van der Waals surface area (Å²) in [5.41, 5.74) is 5.95. The summed E-state index contributed by atoms with van der Waals surface area (Å²) in [6.45, 7) is 8.05. The van der Waals surface area contributed by atoms with E-state index in [0.29, 0.717) is 24.3 Å². The first-order valence-corrected chi connectivity index (χ1v) is 13.1. The molecule has 2 aromatic rings. The van der Waals surface area contributed by atoms with Crippen LogP contribution in [0.15, 0.2) is 65.6 Å². The number of aliphatic carboxylic acids is 1. The van der Waals surface area contributed by atoms with Crippen molar-refractivity contribution in [2.45, 2.75) is 55.8 Å². The number of carboxylic acids is 1. The number of amides is 1. The lowest BCUT2D eigenvalue weighted by Gasteiger charge is -2.24. The van der Waals surface area contributed by atoms with E-state index in [-0.39, 0.29) is 21.8 Å². The number of rotatable bonds is 7. The van der Waals surface area contributed by atoms with Gasteiger partial charge in [-0.1, -0.05) is 67.2 Å². The SMILES string of the molecule is CC(C)(C)N.C[C@H](CSC(=O)c1ccccc1)C(=O)N1C[C@@H](Sc2ccccc2)C[C@@H]1C(=O)O. The Morgan fingerprint density at radius 3 is 2.12 bits per heavy atom. The van der Waals surface area contributed by atoms with Gasteiger partial charge in [0.15, 0.2) is 0 Å². The molecular weight excluding hydrogens is 468 g/mol. The number of carboxylic acid groups (broad SMARTS) is 1. The lowest BCUT2D eigenvalue weighted by atomic mass is 10.1. The van der Waals surface area contributed by atoms with Crippen molar-refractivity contribution in [1.29, 1.82) is 0 Å². The molecule has 3 rings (SSSR count). The molecule has 3 atom stereocenters. The Morgan fingerprint density at radius 2 is 1.59 bits per heavy atom. The molecule has 0 spiro atoms. The van der Waals surface area contributed by atoms with Crippen LogP contribution in [-0.2, 0) is 9.59 Å². The molecule has 3 N–H and O–H groups in total. The van der Waals surface area contributed by atoms with Gasteiger partial charge in [0.25, 0.3) is 0 Å². The molecule has 8 heteroatoms. The standard InChI is InChI=1S/C22H23NO4S2.C4H11N/c1-15(14-28-22(27)16-8-4-2-5-9-16)20(24)23-13-18(12-19(23)21(25)26)29-17-10-6-3-7-11-17;1-4(2,3)5/h2-11,15,18-19H,12-14H2,1H3,(H,25,26);5H2,1-3H3/t15-,18+,19-;/m1./s1. The molecule has 0 unspecified atom stereocenters. The maximum Gasteiger partial charge on any atom is 0.326 e. The minimum absolute atomic E-state index is 0. The molecule has 6 nitrogen and oxygen atoms in total. The molecule has 0 aliphatic carbocycles. The topological polar surface area (TPSA) is 101 Å². The number of thioether (sulfide) groups is 2. The van der Waals surface area contributed by atoms with Crippen molar-refractivity contribution in [3.05, 3.63) is 66.2 Å². The normalized spacial score (nSPS) is 18.6. The van der Waals surface area contributed by atoms with Crippen LogP contribution in [0.5, 0.6) is 0 Å². The Balaban J connectivity index is 0.000000739. The van der Waals surface area contributed by atoms with Gasteiger partial charge in [-0.25, -0.2) is 4.79 Å². The van der Waals surface area contributed by atoms with Gasteiger partial charge in [0, 0.05) is 39.5 Å². The summed E-state index contributed by atoms with van der Waals surface area (Å²) in [6.07, 6.45) is 0.420. The highest BCUT2D eigenvalue weighted by atomic mass is 32.2. The summed E-state index contributed by atoms with van der Waals surface area (Å²) in [7, 11) is 0. The van der Waals surface area contributed by atoms with Gasteiger partial charge < -0.3 is 15.7 Å². The van der Waals surface area contributed by atoms with Crippen molar-refractivity contribution in [1.82, 2.24) is 4.90 Å². The lowest BCUT2D eigenvalue weighted by molar-refractivity contribution is -0.149. The van der Waals surface area contributed by atoms with E-state index in [4.69, 9.17) is 5.73 Å². The van der Waals surface area contributed by atoms with Crippen molar-refractivity contribution in [2.24, 2.45) is 11.7 Å². The third-order valence-electron chi connectivity index (χ3n) is 4.77. The molecule has 0 bridgehead atoms. The molecule has 1 heterocycles. The molecule has 0 aromatic heterocycles. The van der Waals surface area contributed by atoms with E-state index < -0.39 is 17.9 Å². The highest BCUT2D eigenvalue weighted by Crippen LogP contribution is 2.34. The number of hydrogen-bond donors (Lipinski definition) is 2. The fourth-order valence-corrected chi connectivity index (χ4v) is 5.32. The van der Waals surface area contributed by atoms with Gasteiger partial charge in [0.1, 0.15) is 6.04 Å². The quantitative estimate of drug-likeness (QED) is 0.562. The van der Waals surface area contributed by atoms with Crippen LogP contribution in [0.25, 0.3) is 0 Å². The third-order valence-corrected chi connectivity index (χ3v) is 7.16. The van der Waals surface area contributed by atoms with Crippen molar-refractivity contribution >= 4 is 40.5 Å². The van der Waals surface area contributed by atoms with Crippen LogP contribution in [0.4, 0.5) is 0 Å². The summed E-state index contributed by atoms with van der Waals surface area (Å²) in [5, 5.41) is 9.55. The van der Waals surface area contributed by atoms with Crippen molar-refractivity contribution in [3.63, 3.8) is 0 Å². The first-order valence-electron chi connectivity index (χ1n) is 11.2. The third kappa shape index (κ3) is 9.52. The van der Waals surface area contributed by atoms with E-state index in [2.05, 4.69) is 0 Å². The molecule has 1 fully saturated rings. The first-order chi connectivity index (χ1) is 16.0. The van der Waals surface area contributed by atoms with Crippen molar-refractivity contribution in [3.8, 4) is 0 Å². The average Bonchev–Trinajstić information content (AvgIpc) is 3.21. The predicted octanol–water partition coefficient (Wildman–Crippen LogP) is 4.79. The van der Waals surface area contributed by atoms with E-state index in [9.17, 15) is 19.5 Å². The predicted molar refractivity (Wildman–Crippen MR) is 140 cm³/mol. The highest BCUT2D eigenvalue weighted by molar-refractivity contribution is 8.14. The number of nitrogens with zero attached hydrogens (tertiary/aromatic N) is 1. The van der Waals surface area contributed by atoms with Crippen LogP contribution in [0.2, 0.25) is 0 Å². The second-order valence-corrected chi connectivity index (χ2v) is 11.7. The zero-order valence-electron chi connectivity index (χ0n) is 20.1. The molecule has 1 aliphatic rings. The van der Waals surface area contributed by atoms with Crippen LogP contribution in [-0.4, -0.2) is 56.1 Å². The fraction of sp³-hybridized carbons (Fsp3) is 0.423. The number of hydrogen-bond acceptors (Lipinski definition) is 6. The van der Waals surface area contributed by atoms with E-state index in [1.807, 2.05) is 57.2 Å². The van der Waals surface area contributed by atoms with Crippen LogP contribution >= 0.6 is 23.5 Å². The zero-order valence-corrected chi connectivity index (χ0v) is 21.8. The van der Waals surface area contributed by atoms with Gasteiger partial charge >= 0.3 is 5.97 Å². The number of carbonyl (C=O) groups is 3. The maximum atomic E-state index is 12.9. The Bertz CT molecular complexity index is 942. The Labute approximate surface area is 210 Å². The van der Waals surface area contributed by atoms with Crippen molar-refractivity contribution in [2.75, 3.05) is 12.3 Å². The van der Waals surface area contributed by atoms with Crippen LogP contribution in [0.1, 0.15) is 44.5 Å². The van der Waals surface area contributed by atoms with E-state index >= 15 is 0 Å². The second-order valence-electron chi connectivity index (χ2n) is 9.36. The molecule has 1 amide bonds. The summed E-state index contributed by atoms with van der Waals surface area (Å²) < 4.78 is 0. The number of carbonyl (C=O) groups excluding carboxylic acids is 2. The van der Waals surface area contributed by atoms with Crippen LogP contribution < -0.4 is 5.73 Å². The minimum atomic E-state index is -0.977. The number of nitrogens with two attached hydrogens (primary N) is 1. The highest BCUT2D eigenvalue weighted by Gasteiger charge is 2.41. The smallest absolute Gasteiger partial charge is 0.326 e. The van der Waals surface area contributed by atoms with E-state index in [1.54, 1.807) is 43.0 Å². The van der Waals surface area contributed by atoms with Gasteiger partial charge in [-0.3, -0.25) is 9.59 Å².